The zero-order chi connectivity index (χ0) is 11.0. The van der Waals surface area contributed by atoms with E-state index in [0.717, 1.165) is 6.42 Å². The summed E-state index contributed by atoms with van der Waals surface area (Å²) in [5.41, 5.74) is 2.72. The van der Waals surface area contributed by atoms with E-state index in [4.69, 9.17) is 0 Å². The number of likely N-dealkylation sites (N-methyl/N-ethyl adjacent to an activating group) is 1. The van der Waals surface area contributed by atoms with Gasteiger partial charge in [-0.05, 0) is 56.1 Å². The Balaban J connectivity index is 0.00000128. The van der Waals surface area contributed by atoms with Crippen molar-refractivity contribution in [3.63, 3.8) is 0 Å². The minimum absolute atomic E-state index is 0. The smallest absolute Gasteiger partial charge is 0.115 e. The van der Waals surface area contributed by atoms with E-state index in [2.05, 4.69) is 32.0 Å². The fourth-order valence-corrected chi connectivity index (χ4v) is 2.70. The van der Waals surface area contributed by atoms with E-state index in [1.807, 2.05) is 6.07 Å². The highest BCUT2D eigenvalue weighted by atomic mass is 35.5. The van der Waals surface area contributed by atoms with Crippen LogP contribution >= 0.6 is 12.4 Å². The van der Waals surface area contributed by atoms with Crippen LogP contribution in [-0.2, 0) is 6.42 Å². The Labute approximate surface area is 104 Å². The van der Waals surface area contributed by atoms with Gasteiger partial charge in [-0.1, -0.05) is 13.0 Å². The standard InChI is InChI=1S/C13H19NO.ClH/c1-9-12-8-11(15)6-4-10(12)5-7-13(9)14(2)3;/h4,6,8-9,13,15H,5,7H2,1-3H3;1H. The first-order chi connectivity index (χ1) is 7.09. The molecule has 0 aromatic heterocycles. The molecule has 0 bridgehead atoms. The van der Waals surface area contributed by atoms with Crippen molar-refractivity contribution in [2.24, 2.45) is 0 Å². The largest absolute Gasteiger partial charge is 0.508 e. The normalized spacial score (nSPS) is 23.8. The zero-order valence-electron chi connectivity index (χ0n) is 10.1. The molecule has 0 spiro atoms. The molecule has 1 aromatic carbocycles. The zero-order valence-corrected chi connectivity index (χ0v) is 10.9. The van der Waals surface area contributed by atoms with Crippen LogP contribution in [0.4, 0.5) is 0 Å². The molecule has 0 fully saturated rings. The summed E-state index contributed by atoms with van der Waals surface area (Å²) < 4.78 is 0. The quantitative estimate of drug-likeness (QED) is 0.818. The van der Waals surface area contributed by atoms with E-state index in [1.165, 1.54) is 17.5 Å². The lowest BCUT2D eigenvalue weighted by molar-refractivity contribution is 0.236. The molecule has 90 valence electrons. The van der Waals surface area contributed by atoms with Crippen LogP contribution in [0.3, 0.4) is 0 Å². The van der Waals surface area contributed by atoms with Crippen molar-refractivity contribution in [3.05, 3.63) is 29.3 Å². The van der Waals surface area contributed by atoms with Crippen molar-refractivity contribution in [3.8, 4) is 5.75 Å². The van der Waals surface area contributed by atoms with Crippen molar-refractivity contribution in [1.29, 1.82) is 0 Å². The maximum atomic E-state index is 9.52. The van der Waals surface area contributed by atoms with Crippen LogP contribution in [0.5, 0.6) is 5.75 Å². The van der Waals surface area contributed by atoms with Crippen LogP contribution < -0.4 is 0 Å². The molecule has 1 N–H and O–H groups in total. The molecule has 0 saturated heterocycles. The van der Waals surface area contributed by atoms with Crippen molar-refractivity contribution in [2.75, 3.05) is 14.1 Å². The second-order valence-corrected chi connectivity index (χ2v) is 4.74. The van der Waals surface area contributed by atoms with Gasteiger partial charge in [-0.3, -0.25) is 0 Å². The van der Waals surface area contributed by atoms with Gasteiger partial charge < -0.3 is 10.0 Å². The summed E-state index contributed by atoms with van der Waals surface area (Å²) in [5, 5.41) is 9.52. The van der Waals surface area contributed by atoms with Gasteiger partial charge in [0, 0.05) is 6.04 Å². The Morgan fingerprint density at radius 3 is 2.62 bits per heavy atom. The highest BCUT2D eigenvalue weighted by molar-refractivity contribution is 5.85. The summed E-state index contributed by atoms with van der Waals surface area (Å²) in [7, 11) is 4.27. The molecule has 1 aliphatic carbocycles. The third-order valence-corrected chi connectivity index (χ3v) is 3.57. The second-order valence-electron chi connectivity index (χ2n) is 4.74. The predicted molar refractivity (Wildman–Crippen MR) is 69.6 cm³/mol. The average molecular weight is 242 g/mol. The Kier molecular flexibility index (Phi) is 4.22. The molecule has 16 heavy (non-hydrogen) atoms. The van der Waals surface area contributed by atoms with E-state index in [0.29, 0.717) is 17.7 Å². The van der Waals surface area contributed by atoms with Gasteiger partial charge in [0.2, 0.25) is 0 Å². The van der Waals surface area contributed by atoms with Crippen LogP contribution in [0, 0.1) is 0 Å². The number of hydrogen-bond acceptors (Lipinski definition) is 2. The molecule has 0 saturated carbocycles. The third-order valence-electron chi connectivity index (χ3n) is 3.57. The molecule has 0 radical (unpaired) electrons. The molecule has 2 rings (SSSR count). The van der Waals surface area contributed by atoms with E-state index in [1.54, 1.807) is 6.07 Å². The first kappa shape index (κ1) is 13.3. The Hall–Kier alpha value is -0.730. The van der Waals surface area contributed by atoms with Gasteiger partial charge in [-0.25, -0.2) is 0 Å². The van der Waals surface area contributed by atoms with Crippen LogP contribution in [0.2, 0.25) is 0 Å². The molecule has 0 amide bonds. The van der Waals surface area contributed by atoms with Crippen molar-refractivity contribution >= 4 is 12.4 Å². The first-order valence-corrected chi connectivity index (χ1v) is 5.58. The Bertz CT molecular complexity index is 365. The maximum Gasteiger partial charge on any atom is 0.115 e. The van der Waals surface area contributed by atoms with E-state index >= 15 is 0 Å². The minimum Gasteiger partial charge on any atom is -0.508 e. The van der Waals surface area contributed by atoms with E-state index < -0.39 is 0 Å². The molecule has 2 unspecified atom stereocenters. The molecule has 3 heteroatoms. The van der Waals surface area contributed by atoms with Gasteiger partial charge in [0.25, 0.3) is 0 Å². The summed E-state index contributed by atoms with van der Waals surface area (Å²) in [6.07, 6.45) is 2.34. The maximum absolute atomic E-state index is 9.52. The molecule has 0 aliphatic heterocycles. The highest BCUT2D eigenvalue weighted by Crippen LogP contribution is 2.35. The SMILES string of the molecule is CC1c2cc(O)ccc2CCC1N(C)C.Cl. The van der Waals surface area contributed by atoms with Crippen LogP contribution in [0.1, 0.15) is 30.4 Å². The van der Waals surface area contributed by atoms with Gasteiger partial charge in [-0.15, -0.1) is 12.4 Å². The summed E-state index contributed by atoms with van der Waals surface area (Å²) in [5.74, 6) is 0.899. The van der Waals surface area contributed by atoms with Gasteiger partial charge in [-0.2, -0.15) is 0 Å². The number of rotatable bonds is 1. The molecule has 2 nitrogen and oxygen atoms in total. The monoisotopic (exact) mass is 241 g/mol. The lowest BCUT2D eigenvalue weighted by Gasteiger charge is -2.35. The third kappa shape index (κ3) is 2.33. The van der Waals surface area contributed by atoms with Crippen LogP contribution in [0.25, 0.3) is 0 Å². The highest BCUT2D eigenvalue weighted by Gasteiger charge is 2.27. The minimum atomic E-state index is 0. The fraction of sp³-hybridized carbons (Fsp3) is 0.538. The molecular weight excluding hydrogens is 222 g/mol. The average Bonchev–Trinajstić information content (AvgIpc) is 2.19. The number of aromatic hydroxyl groups is 1. The first-order valence-electron chi connectivity index (χ1n) is 5.58. The molecule has 0 heterocycles. The van der Waals surface area contributed by atoms with Crippen molar-refractivity contribution < 1.29 is 5.11 Å². The summed E-state index contributed by atoms with van der Waals surface area (Å²) in [6.45, 7) is 2.25. The molecule has 2 atom stereocenters. The Morgan fingerprint density at radius 2 is 2.00 bits per heavy atom. The van der Waals surface area contributed by atoms with E-state index in [-0.39, 0.29) is 12.4 Å². The molecule has 1 aromatic rings. The van der Waals surface area contributed by atoms with Gasteiger partial charge in [0.05, 0.1) is 0 Å². The number of fused-ring (bicyclic) bond motifs is 1. The number of phenols is 1. The number of halogens is 1. The van der Waals surface area contributed by atoms with Gasteiger partial charge in [0.1, 0.15) is 5.75 Å². The number of aryl methyl sites for hydroxylation is 1. The topological polar surface area (TPSA) is 23.5 Å². The number of hydrogen-bond donors (Lipinski definition) is 1. The Morgan fingerprint density at radius 1 is 1.31 bits per heavy atom. The molecular formula is C13H20ClNO. The predicted octanol–water partition coefficient (Wildman–Crippen LogP) is 2.79. The van der Waals surface area contributed by atoms with Gasteiger partial charge in [0.15, 0.2) is 0 Å². The number of benzene rings is 1. The fourth-order valence-electron chi connectivity index (χ4n) is 2.70. The lowest BCUT2D eigenvalue weighted by atomic mass is 9.80. The van der Waals surface area contributed by atoms with Crippen LogP contribution in [0.15, 0.2) is 18.2 Å². The number of nitrogens with zero attached hydrogens (tertiary/aromatic N) is 1. The second kappa shape index (κ2) is 5.07. The summed E-state index contributed by atoms with van der Waals surface area (Å²) in [4.78, 5) is 2.29. The van der Waals surface area contributed by atoms with Crippen molar-refractivity contribution in [1.82, 2.24) is 4.90 Å². The van der Waals surface area contributed by atoms with E-state index in [9.17, 15) is 5.11 Å². The van der Waals surface area contributed by atoms with Crippen LogP contribution in [-0.4, -0.2) is 30.1 Å². The van der Waals surface area contributed by atoms with Crippen molar-refractivity contribution in [2.45, 2.75) is 31.7 Å². The number of phenolic OH excluding ortho intramolecular Hbond substituents is 1. The summed E-state index contributed by atoms with van der Waals surface area (Å²) in [6, 6.07) is 6.38. The lowest BCUT2D eigenvalue weighted by Crippen LogP contribution is -2.36. The summed E-state index contributed by atoms with van der Waals surface area (Å²) >= 11 is 0. The van der Waals surface area contributed by atoms with Gasteiger partial charge >= 0.3 is 0 Å². The molecule has 1 aliphatic rings.